The summed E-state index contributed by atoms with van der Waals surface area (Å²) in [5.41, 5.74) is -1.43. The van der Waals surface area contributed by atoms with Crippen molar-refractivity contribution < 1.29 is 13.5 Å². The van der Waals surface area contributed by atoms with E-state index in [1.165, 1.54) is 30.0 Å². The molecule has 1 aromatic rings. The lowest BCUT2D eigenvalue weighted by molar-refractivity contribution is -0.0348. The molecule has 0 bridgehead atoms. The van der Waals surface area contributed by atoms with Crippen LogP contribution in [0.2, 0.25) is 5.02 Å². The van der Waals surface area contributed by atoms with Crippen LogP contribution in [-0.2, 0) is 15.7 Å². The molecule has 1 heterocycles. The zero-order valence-electron chi connectivity index (χ0n) is 10.8. The van der Waals surface area contributed by atoms with Gasteiger partial charge in [-0.2, -0.15) is 0 Å². The number of hydrogen-bond acceptors (Lipinski definition) is 6. The van der Waals surface area contributed by atoms with Crippen LogP contribution in [0.25, 0.3) is 0 Å². The van der Waals surface area contributed by atoms with E-state index in [4.69, 9.17) is 22.1 Å². The summed E-state index contributed by atoms with van der Waals surface area (Å²) in [5, 5.41) is 23.7. The lowest BCUT2D eigenvalue weighted by Crippen LogP contribution is -2.45. The topological polar surface area (TPSA) is 107 Å². The zero-order valence-corrected chi connectivity index (χ0v) is 13.2. The molecule has 0 aromatic heterocycles. The van der Waals surface area contributed by atoms with Gasteiger partial charge in [0.25, 0.3) is 0 Å². The summed E-state index contributed by atoms with van der Waals surface area (Å²) in [6, 6.07) is 4.05. The van der Waals surface area contributed by atoms with Crippen molar-refractivity contribution in [1.29, 1.82) is 5.41 Å². The second kappa shape index (κ2) is 4.97. The van der Waals surface area contributed by atoms with Gasteiger partial charge in [-0.1, -0.05) is 29.4 Å². The third kappa shape index (κ3) is 2.36. The molecule has 1 aliphatic heterocycles. The van der Waals surface area contributed by atoms with E-state index < -0.39 is 15.7 Å². The minimum Gasteiger partial charge on any atom is -0.366 e. The Morgan fingerprint density at radius 3 is 2.60 bits per heavy atom. The predicted molar refractivity (Wildman–Crippen MR) is 79.3 cm³/mol. The van der Waals surface area contributed by atoms with Crippen LogP contribution in [0.5, 0.6) is 0 Å². The molecule has 0 radical (unpaired) electrons. The Labute approximate surface area is 126 Å². The molecule has 9 heteroatoms. The van der Waals surface area contributed by atoms with Crippen molar-refractivity contribution in [3.8, 4) is 0 Å². The minimum absolute atomic E-state index is 0.0206. The average Bonchev–Trinajstić information content (AvgIpc) is 2.53. The normalized spacial score (nSPS) is 28.1. The van der Waals surface area contributed by atoms with Gasteiger partial charge in [-0.25, -0.2) is 13.6 Å². The van der Waals surface area contributed by atoms with Crippen LogP contribution < -0.4 is 5.14 Å². The molecule has 2 rings (SSSR count). The molecule has 2 unspecified atom stereocenters. The van der Waals surface area contributed by atoms with Gasteiger partial charge in [-0.3, -0.25) is 10.3 Å². The van der Waals surface area contributed by atoms with Crippen molar-refractivity contribution in [2.24, 2.45) is 5.14 Å². The Kier molecular flexibility index (Phi) is 3.91. The Hall–Kier alpha value is -0.640. The third-order valence-electron chi connectivity index (χ3n) is 3.30. The lowest BCUT2D eigenvalue weighted by atomic mass is 10.0. The van der Waals surface area contributed by atoms with Crippen molar-refractivity contribution >= 4 is 38.4 Å². The molecule has 1 aliphatic rings. The van der Waals surface area contributed by atoms with Gasteiger partial charge in [-0.15, -0.1) is 0 Å². The van der Waals surface area contributed by atoms with Gasteiger partial charge < -0.3 is 5.11 Å². The molecule has 1 saturated heterocycles. The summed E-state index contributed by atoms with van der Waals surface area (Å²) in [4.78, 5) is 1.31. The van der Waals surface area contributed by atoms with Crippen LogP contribution in [0.15, 0.2) is 23.1 Å². The van der Waals surface area contributed by atoms with E-state index in [0.29, 0.717) is 0 Å². The van der Waals surface area contributed by atoms with Crippen molar-refractivity contribution in [1.82, 2.24) is 4.90 Å². The summed E-state index contributed by atoms with van der Waals surface area (Å²) in [7, 11) is -2.34. The Morgan fingerprint density at radius 1 is 1.55 bits per heavy atom. The molecule has 6 nitrogen and oxygen atoms in total. The first-order valence-electron chi connectivity index (χ1n) is 5.62. The van der Waals surface area contributed by atoms with E-state index in [1.807, 2.05) is 6.92 Å². The van der Waals surface area contributed by atoms with E-state index in [9.17, 15) is 13.5 Å². The quantitative estimate of drug-likeness (QED) is 0.751. The maximum atomic E-state index is 11.5. The molecule has 0 spiro atoms. The number of nitrogens with one attached hydrogen (secondary N) is 1. The first-order chi connectivity index (χ1) is 9.08. The standard InChI is InChI=1S/C11H14ClN3O3S2/c1-6-15(2)11(16,10(13)19-6)7-3-4-8(12)9(5-7)20(14,17)18/h3-6,13,16H,1-2H3,(H2,14,17,18). The number of nitrogens with two attached hydrogens (primary N) is 1. The molecule has 1 fully saturated rings. The average molecular weight is 336 g/mol. The van der Waals surface area contributed by atoms with E-state index in [1.54, 1.807) is 11.9 Å². The predicted octanol–water partition coefficient (Wildman–Crippen LogP) is 1.13. The molecule has 1 aromatic carbocycles. The number of hydrogen-bond donors (Lipinski definition) is 3. The van der Waals surface area contributed by atoms with E-state index >= 15 is 0 Å². The van der Waals surface area contributed by atoms with E-state index in [-0.39, 0.29) is 25.9 Å². The van der Waals surface area contributed by atoms with E-state index in [0.717, 1.165) is 0 Å². The van der Waals surface area contributed by atoms with Gasteiger partial charge in [0.15, 0.2) is 5.72 Å². The summed E-state index contributed by atoms with van der Waals surface area (Å²) >= 11 is 7.01. The van der Waals surface area contributed by atoms with Gasteiger partial charge in [0, 0.05) is 5.56 Å². The largest absolute Gasteiger partial charge is 0.366 e. The van der Waals surface area contributed by atoms with Gasteiger partial charge >= 0.3 is 0 Å². The highest BCUT2D eigenvalue weighted by molar-refractivity contribution is 8.14. The van der Waals surface area contributed by atoms with Crippen molar-refractivity contribution in [2.75, 3.05) is 7.05 Å². The molecular weight excluding hydrogens is 322 g/mol. The molecular formula is C11H14ClN3O3S2. The number of sulfonamides is 1. The van der Waals surface area contributed by atoms with Gasteiger partial charge in [0.05, 0.1) is 10.4 Å². The van der Waals surface area contributed by atoms with Crippen LogP contribution in [0, 0.1) is 5.41 Å². The molecule has 0 saturated carbocycles. The highest BCUT2D eigenvalue weighted by Crippen LogP contribution is 2.42. The summed E-state index contributed by atoms with van der Waals surface area (Å²) < 4.78 is 23.0. The number of benzene rings is 1. The molecule has 110 valence electrons. The lowest BCUT2D eigenvalue weighted by Gasteiger charge is -2.31. The van der Waals surface area contributed by atoms with E-state index in [2.05, 4.69) is 0 Å². The van der Waals surface area contributed by atoms with Gasteiger partial charge in [0.2, 0.25) is 10.0 Å². The molecule has 20 heavy (non-hydrogen) atoms. The van der Waals surface area contributed by atoms with Crippen molar-refractivity contribution in [3.05, 3.63) is 28.8 Å². The molecule has 0 amide bonds. The van der Waals surface area contributed by atoms with Crippen LogP contribution in [0.3, 0.4) is 0 Å². The minimum atomic E-state index is -4.00. The summed E-state index contributed by atoms with van der Waals surface area (Å²) in [6.45, 7) is 1.84. The maximum absolute atomic E-state index is 11.5. The Balaban J connectivity index is 2.63. The number of primary sulfonamides is 1. The fourth-order valence-electron chi connectivity index (χ4n) is 2.03. The smallest absolute Gasteiger partial charge is 0.239 e. The first kappa shape index (κ1) is 15.7. The van der Waals surface area contributed by atoms with Crippen LogP contribution in [-0.4, -0.2) is 35.9 Å². The summed E-state index contributed by atoms with van der Waals surface area (Å²) in [6.07, 6.45) is 0. The monoisotopic (exact) mass is 335 g/mol. The van der Waals surface area contributed by atoms with Gasteiger partial charge in [0.1, 0.15) is 9.94 Å². The number of thioether (sulfide) groups is 1. The number of rotatable bonds is 2. The SMILES string of the molecule is CC1SC(=N)C(O)(c2ccc(Cl)c(S(N)(=O)=O)c2)N1C. The second-order valence-electron chi connectivity index (χ2n) is 4.52. The van der Waals surface area contributed by atoms with Crippen LogP contribution in [0.1, 0.15) is 12.5 Å². The molecule has 2 atom stereocenters. The first-order valence-corrected chi connectivity index (χ1v) is 8.42. The summed E-state index contributed by atoms with van der Waals surface area (Å²) in [5.74, 6) is 0. The third-order valence-corrected chi connectivity index (χ3v) is 5.87. The molecule has 4 N–H and O–H groups in total. The van der Waals surface area contributed by atoms with Crippen LogP contribution in [0.4, 0.5) is 0 Å². The second-order valence-corrected chi connectivity index (χ2v) is 7.78. The highest BCUT2D eigenvalue weighted by Gasteiger charge is 2.48. The number of aliphatic hydroxyl groups is 1. The Morgan fingerprint density at radius 2 is 2.15 bits per heavy atom. The van der Waals surface area contributed by atoms with Gasteiger partial charge in [-0.05, 0) is 26.1 Å². The van der Waals surface area contributed by atoms with Crippen LogP contribution >= 0.6 is 23.4 Å². The number of halogens is 1. The Bertz CT molecular complexity index is 679. The zero-order chi connectivity index (χ0) is 15.3. The van der Waals surface area contributed by atoms with Crippen molar-refractivity contribution in [2.45, 2.75) is 22.9 Å². The van der Waals surface area contributed by atoms with Crippen molar-refractivity contribution in [3.63, 3.8) is 0 Å². The maximum Gasteiger partial charge on any atom is 0.239 e. The molecule has 0 aliphatic carbocycles. The highest BCUT2D eigenvalue weighted by atomic mass is 35.5. The number of nitrogens with zero attached hydrogens (tertiary/aromatic N) is 1. The fraction of sp³-hybridized carbons (Fsp3) is 0.364. The fourth-order valence-corrected chi connectivity index (χ4v) is 4.18.